The maximum Gasteiger partial charge on any atom is 0.240 e. The number of benzene rings is 2. The van der Waals surface area contributed by atoms with Crippen LogP contribution in [0.1, 0.15) is 18.4 Å². The summed E-state index contributed by atoms with van der Waals surface area (Å²) < 4.78 is 26.5. The largest absolute Gasteiger partial charge is 0.356 e. The van der Waals surface area contributed by atoms with Crippen LogP contribution in [0.15, 0.2) is 57.9 Å². The minimum Gasteiger partial charge on any atom is -0.356 e. The molecule has 150 valence electrons. The second-order valence-corrected chi connectivity index (χ2v) is 8.81. The number of nitrogens with one attached hydrogen (secondary N) is 3. The summed E-state index contributed by atoms with van der Waals surface area (Å²) in [6.45, 7) is 0.251. The predicted molar refractivity (Wildman–Crippen MR) is 111 cm³/mol. The fourth-order valence-corrected chi connectivity index (χ4v) is 3.37. The normalized spacial score (nSPS) is 11.1. The average Bonchev–Trinajstić information content (AvgIpc) is 2.68. The van der Waals surface area contributed by atoms with Gasteiger partial charge in [-0.25, -0.2) is 13.1 Å². The van der Waals surface area contributed by atoms with E-state index >= 15 is 0 Å². The van der Waals surface area contributed by atoms with Gasteiger partial charge in [-0.3, -0.25) is 9.59 Å². The van der Waals surface area contributed by atoms with Gasteiger partial charge in [-0.15, -0.1) is 0 Å². The summed E-state index contributed by atoms with van der Waals surface area (Å²) in [5.41, 5.74) is 1.56. The minimum absolute atomic E-state index is 0.164. The molecule has 0 aliphatic heterocycles. The van der Waals surface area contributed by atoms with Crippen LogP contribution in [-0.4, -0.2) is 33.8 Å². The van der Waals surface area contributed by atoms with Gasteiger partial charge in [0.15, 0.2) is 0 Å². The third-order valence-electron chi connectivity index (χ3n) is 3.95. The molecule has 0 bridgehead atoms. The number of amides is 2. The second-order valence-electron chi connectivity index (χ2n) is 6.01. The van der Waals surface area contributed by atoms with Crippen molar-refractivity contribution >= 4 is 43.5 Å². The van der Waals surface area contributed by atoms with Gasteiger partial charge in [0, 0.05) is 29.5 Å². The van der Waals surface area contributed by atoms with Gasteiger partial charge < -0.3 is 10.6 Å². The lowest BCUT2D eigenvalue weighted by Gasteiger charge is -2.07. The van der Waals surface area contributed by atoms with E-state index in [1.165, 1.54) is 19.2 Å². The van der Waals surface area contributed by atoms with Crippen LogP contribution in [0.3, 0.4) is 0 Å². The van der Waals surface area contributed by atoms with E-state index in [2.05, 4.69) is 31.3 Å². The molecule has 28 heavy (non-hydrogen) atoms. The van der Waals surface area contributed by atoms with Crippen molar-refractivity contribution in [2.45, 2.75) is 24.2 Å². The van der Waals surface area contributed by atoms with E-state index in [4.69, 9.17) is 0 Å². The van der Waals surface area contributed by atoms with Crippen LogP contribution in [0.5, 0.6) is 0 Å². The Morgan fingerprint density at radius 3 is 2.18 bits per heavy atom. The molecule has 0 aliphatic carbocycles. The van der Waals surface area contributed by atoms with Crippen molar-refractivity contribution in [1.29, 1.82) is 0 Å². The van der Waals surface area contributed by atoms with Gasteiger partial charge in [-0.2, -0.15) is 0 Å². The van der Waals surface area contributed by atoms with E-state index in [1.54, 1.807) is 24.3 Å². The number of anilines is 1. The zero-order chi connectivity index (χ0) is 20.6. The van der Waals surface area contributed by atoms with Crippen molar-refractivity contribution in [1.82, 2.24) is 10.0 Å². The van der Waals surface area contributed by atoms with E-state index in [0.29, 0.717) is 12.1 Å². The fourth-order valence-electron chi connectivity index (χ4n) is 2.37. The molecule has 0 atom stereocenters. The SMILES string of the molecule is CNS(=O)(=O)c1ccc(CCC(=O)NCCC(=O)Nc2ccc(Br)cc2)cc1. The van der Waals surface area contributed by atoms with Crippen molar-refractivity contribution in [2.24, 2.45) is 0 Å². The fraction of sp³-hybridized carbons (Fsp3) is 0.263. The molecule has 0 radical (unpaired) electrons. The van der Waals surface area contributed by atoms with Crippen LogP contribution < -0.4 is 15.4 Å². The van der Waals surface area contributed by atoms with E-state index in [9.17, 15) is 18.0 Å². The molecule has 2 amide bonds. The van der Waals surface area contributed by atoms with Gasteiger partial charge in [0.2, 0.25) is 21.8 Å². The molecule has 2 aromatic rings. The van der Waals surface area contributed by atoms with Crippen molar-refractivity contribution in [3.05, 3.63) is 58.6 Å². The first-order chi connectivity index (χ1) is 13.3. The molecule has 0 saturated heterocycles. The molecule has 0 heterocycles. The highest BCUT2D eigenvalue weighted by Gasteiger charge is 2.11. The Morgan fingerprint density at radius 2 is 1.57 bits per heavy atom. The van der Waals surface area contributed by atoms with Crippen LogP contribution in [-0.2, 0) is 26.0 Å². The first-order valence-electron chi connectivity index (χ1n) is 8.65. The van der Waals surface area contributed by atoms with Crippen molar-refractivity contribution < 1.29 is 18.0 Å². The number of rotatable bonds is 9. The first kappa shape index (κ1) is 22.1. The molecule has 2 rings (SSSR count). The van der Waals surface area contributed by atoms with Crippen molar-refractivity contribution in [2.75, 3.05) is 18.9 Å². The maximum absolute atomic E-state index is 11.9. The van der Waals surface area contributed by atoms with Gasteiger partial charge in [-0.1, -0.05) is 28.1 Å². The second kappa shape index (κ2) is 10.4. The molecule has 0 fully saturated rings. The Labute approximate surface area is 173 Å². The zero-order valence-corrected chi connectivity index (χ0v) is 17.8. The number of sulfonamides is 1. The van der Waals surface area contributed by atoms with Gasteiger partial charge >= 0.3 is 0 Å². The molecule has 9 heteroatoms. The molecule has 0 unspecified atom stereocenters. The summed E-state index contributed by atoms with van der Waals surface area (Å²) in [7, 11) is -2.11. The third kappa shape index (κ3) is 7.06. The van der Waals surface area contributed by atoms with Crippen LogP contribution >= 0.6 is 15.9 Å². The summed E-state index contributed by atoms with van der Waals surface area (Å²) >= 11 is 3.33. The lowest BCUT2D eigenvalue weighted by Crippen LogP contribution is -2.27. The van der Waals surface area contributed by atoms with Gasteiger partial charge in [-0.05, 0) is 55.4 Å². The molecule has 7 nitrogen and oxygen atoms in total. The summed E-state index contributed by atoms with van der Waals surface area (Å²) in [5.74, 6) is -0.340. The number of hydrogen-bond donors (Lipinski definition) is 3. The molecule has 0 spiro atoms. The molecule has 0 saturated carbocycles. The molecular formula is C19H22BrN3O4S. The summed E-state index contributed by atoms with van der Waals surface area (Å²) in [5, 5.41) is 5.47. The van der Waals surface area contributed by atoms with Crippen molar-refractivity contribution in [3.8, 4) is 0 Å². The van der Waals surface area contributed by atoms with Crippen molar-refractivity contribution in [3.63, 3.8) is 0 Å². The Hall–Kier alpha value is -2.23. The monoisotopic (exact) mass is 467 g/mol. The van der Waals surface area contributed by atoms with E-state index in [1.807, 2.05) is 12.1 Å². The zero-order valence-electron chi connectivity index (χ0n) is 15.4. The Balaban J connectivity index is 1.69. The Kier molecular flexibility index (Phi) is 8.16. The van der Waals surface area contributed by atoms with Crippen LogP contribution in [0.2, 0.25) is 0 Å². The van der Waals surface area contributed by atoms with Crippen LogP contribution in [0, 0.1) is 0 Å². The number of aryl methyl sites for hydroxylation is 1. The molecule has 2 aromatic carbocycles. The topological polar surface area (TPSA) is 104 Å². The van der Waals surface area contributed by atoms with Crippen LogP contribution in [0.4, 0.5) is 5.69 Å². The molecule has 0 aliphatic rings. The number of carbonyl (C=O) groups excluding carboxylic acids is 2. The lowest BCUT2D eigenvalue weighted by molar-refractivity contribution is -0.121. The lowest BCUT2D eigenvalue weighted by atomic mass is 10.1. The Bertz CT molecular complexity index is 913. The average molecular weight is 468 g/mol. The third-order valence-corrected chi connectivity index (χ3v) is 5.90. The number of carbonyl (C=O) groups is 2. The summed E-state index contributed by atoms with van der Waals surface area (Å²) in [6, 6.07) is 13.6. The maximum atomic E-state index is 11.9. The van der Waals surface area contributed by atoms with Crippen LogP contribution in [0.25, 0.3) is 0 Å². The predicted octanol–water partition coefficient (Wildman–Crippen LogP) is 2.43. The molecule has 0 aromatic heterocycles. The smallest absolute Gasteiger partial charge is 0.240 e. The highest BCUT2D eigenvalue weighted by molar-refractivity contribution is 9.10. The number of halogens is 1. The van der Waals surface area contributed by atoms with E-state index < -0.39 is 10.0 Å². The Morgan fingerprint density at radius 1 is 0.929 bits per heavy atom. The molecule has 3 N–H and O–H groups in total. The highest BCUT2D eigenvalue weighted by atomic mass is 79.9. The van der Waals surface area contributed by atoms with E-state index in [-0.39, 0.29) is 36.1 Å². The standard InChI is InChI=1S/C19H22BrN3O4S/c1-21-28(26,27)17-9-2-14(3-10-17)4-11-18(24)22-13-12-19(25)23-16-7-5-15(20)6-8-16/h2-3,5-10,21H,4,11-13H2,1H3,(H,22,24)(H,23,25). The van der Waals surface area contributed by atoms with Gasteiger partial charge in [0.1, 0.15) is 0 Å². The summed E-state index contributed by atoms with van der Waals surface area (Å²) in [4.78, 5) is 24.0. The number of hydrogen-bond acceptors (Lipinski definition) is 4. The molecular weight excluding hydrogens is 446 g/mol. The first-order valence-corrected chi connectivity index (χ1v) is 10.9. The summed E-state index contributed by atoms with van der Waals surface area (Å²) in [6.07, 6.45) is 0.918. The van der Waals surface area contributed by atoms with E-state index in [0.717, 1.165) is 10.0 Å². The highest BCUT2D eigenvalue weighted by Crippen LogP contribution is 2.14. The minimum atomic E-state index is -3.46. The quantitative estimate of drug-likeness (QED) is 0.526. The van der Waals surface area contributed by atoms with Gasteiger partial charge in [0.05, 0.1) is 4.90 Å². The van der Waals surface area contributed by atoms with Gasteiger partial charge in [0.25, 0.3) is 0 Å².